The number of hydrogen-bond acceptors (Lipinski definition) is 3. The third-order valence-corrected chi connectivity index (χ3v) is 3.79. The summed E-state index contributed by atoms with van der Waals surface area (Å²) in [7, 11) is 0. The van der Waals surface area contributed by atoms with Crippen molar-refractivity contribution in [1.82, 2.24) is 4.90 Å². The second-order valence-electron chi connectivity index (χ2n) is 5.59. The number of halogens is 1. The minimum absolute atomic E-state index is 0.0539. The zero-order valence-electron chi connectivity index (χ0n) is 12.1. The maximum Gasteiger partial charge on any atom is 0.323 e. The largest absolute Gasteiger partial charge is 0.462 e. The summed E-state index contributed by atoms with van der Waals surface area (Å²) in [5.74, 6) is -0.0892. The zero-order valence-corrected chi connectivity index (χ0v) is 12.9. The normalized spacial score (nSPS) is 20.1. The van der Waals surface area contributed by atoms with Gasteiger partial charge >= 0.3 is 5.97 Å². The number of carbonyl (C=O) groups excluding carboxylic acids is 1. The van der Waals surface area contributed by atoms with Gasteiger partial charge in [-0.05, 0) is 50.9 Å². The average Bonchev–Trinajstić information content (AvgIpc) is 2.41. The average molecular weight is 296 g/mol. The molecule has 1 aromatic rings. The molecule has 0 saturated carbocycles. The van der Waals surface area contributed by atoms with Gasteiger partial charge in [0, 0.05) is 11.6 Å². The highest BCUT2D eigenvalue weighted by atomic mass is 35.5. The van der Waals surface area contributed by atoms with Crippen molar-refractivity contribution in [3.05, 3.63) is 34.9 Å². The molecular formula is C16H22ClNO2. The molecule has 1 heterocycles. The Bertz CT molecular complexity index is 444. The van der Waals surface area contributed by atoms with E-state index in [4.69, 9.17) is 16.3 Å². The van der Waals surface area contributed by atoms with E-state index in [1.807, 2.05) is 38.1 Å². The van der Waals surface area contributed by atoms with Crippen LogP contribution in [0.25, 0.3) is 0 Å². The minimum atomic E-state index is -0.109. The number of likely N-dealkylation sites (tertiary alicyclic amines) is 1. The molecule has 0 N–H and O–H groups in total. The third-order valence-electron chi connectivity index (χ3n) is 3.54. The number of piperidine rings is 1. The van der Waals surface area contributed by atoms with Gasteiger partial charge in [0.1, 0.15) is 6.04 Å². The molecule has 1 atom stereocenters. The van der Waals surface area contributed by atoms with Gasteiger partial charge in [-0.3, -0.25) is 9.69 Å². The van der Waals surface area contributed by atoms with E-state index in [9.17, 15) is 4.79 Å². The first kappa shape index (κ1) is 15.3. The molecule has 1 saturated heterocycles. The van der Waals surface area contributed by atoms with Crippen LogP contribution in [0.15, 0.2) is 24.3 Å². The van der Waals surface area contributed by atoms with Gasteiger partial charge in [-0.1, -0.05) is 30.2 Å². The van der Waals surface area contributed by atoms with Gasteiger partial charge in [0.2, 0.25) is 0 Å². The van der Waals surface area contributed by atoms with Crippen LogP contribution in [0.5, 0.6) is 0 Å². The second-order valence-corrected chi connectivity index (χ2v) is 6.03. The van der Waals surface area contributed by atoms with E-state index < -0.39 is 0 Å². The van der Waals surface area contributed by atoms with Crippen molar-refractivity contribution in [1.29, 1.82) is 0 Å². The highest BCUT2D eigenvalue weighted by Crippen LogP contribution is 2.22. The van der Waals surface area contributed by atoms with Gasteiger partial charge in [0.25, 0.3) is 0 Å². The number of esters is 1. The molecule has 4 heteroatoms. The topological polar surface area (TPSA) is 29.5 Å². The molecule has 1 fully saturated rings. The Labute approximate surface area is 125 Å². The smallest absolute Gasteiger partial charge is 0.323 e. The van der Waals surface area contributed by atoms with Crippen molar-refractivity contribution < 1.29 is 9.53 Å². The van der Waals surface area contributed by atoms with Crippen LogP contribution >= 0.6 is 11.6 Å². The van der Waals surface area contributed by atoms with Crippen LogP contribution in [0.4, 0.5) is 0 Å². The highest BCUT2D eigenvalue weighted by molar-refractivity contribution is 6.30. The molecule has 1 aliphatic heterocycles. The molecule has 1 aromatic carbocycles. The summed E-state index contributed by atoms with van der Waals surface area (Å²) in [6, 6.07) is 7.70. The van der Waals surface area contributed by atoms with Crippen LogP contribution in [0.3, 0.4) is 0 Å². The Hall–Kier alpha value is -1.06. The van der Waals surface area contributed by atoms with Crippen LogP contribution in [0, 0.1) is 0 Å². The van der Waals surface area contributed by atoms with Crippen molar-refractivity contribution in [2.24, 2.45) is 0 Å². The molecule has 0 bridgehead atoms. The zero-order chi connectivity index (χ0) is 14.5. The van der Waals surface area contributed by atoms with Gasteiger partial charge in [-0.15, -0.1) is 0 Å². The quantitative estimate of drug-likeness (QED) is 0.794. The van der Waals surface area contributed by atoms with Crippen molar-refractivity contribution in [3.63, 3.8) is 0 Å². The Balaban J connectivity index is 2.03. The molecule has 0 radical (unpaired) electrons. The van der Waals surface area contributed by atoms with Crippen LogP contribution in [-0.4, -0.2) is 29.6 Å². The third kappa shape index (κ3) is 4.22. The predicted octanol–water partition coefficient (Wildman–Crippen LogP) is 3.65. The molecule has 1 aliphatic rings. The number of hydrogen-bond donors (Lipinski definition) is 0. The van der Waals surface area contributed by atoms with Gasteiger partial charge < -0.3 is 4.74 Å². The molecule has 3 nitrogen and oxygen atoms in total. The van der Waals surface area contributed by atoms with Crippen molar-refractivity contribution in [2.45, 2.75) is 51.8 Å². The first-order chi connectivity index (χ1) is 9.56. The fourth-order valence-electron chi connectivity index (χ4n) is 2.58. The first-order valence-corrected chi connectivity index (χ1v) is 7.63. The van der Waals surface area contributed by atoms with E-state index >= 15 is 0 Å². The maximum absolute atomic E-state index is 12.2. The lowest BCUT2D eigenvalue weighted by Crippen LogP contribution is -2.45. The van der Waals surface area contributed by atoms with E-state index in [0.29, 0.717) is 0 Å². The molecule has 0 aliphatic carbocycles. The van der Waals surface area contributed by atoms with E-state index in [0.717, 1.165) is 37.4 Å². The maximum atomic E-state index is 12.2. The second kappa shape index (κ2) is 7.09. The molecule has 110 valence electrons. The Morgan fingerprint density at radius 2 is 2.05 bits per heavy atom. The van der Waals surface area contributed by atoms with Gasteiger partial charge in [-0.25, -0.2) is 0 Å². The van der Waals surface area contributed by atoms with E-state index in [-0.39, 0.29) is 18.1 Å². The number of nitrogens with zero attached hydrogens (tertiary/aromatic N) is 1. The minimum Gasteiger partial charge on any atom is -0.462 e. The predicted molar refractivity (Wildman–Crippen MR) is 80.7 cm³/mol. The summed E-state index contributed by atoms with van der Waals surface area (Å²) in [5, 5.41) is 0.739. The number of rotatable bonds is 4. The van der Waals surface area contributed by atoms with Gasteiger partial charge in [-0.2, -0.15) is 0 Å². The van der Waals surface area contributed by atoms with Crippen molar-refractivity contribution in [3.8, 4) is 0 Å². The summed E-state index contributed by atoms with van der Waals surface area (Å²) >= 11 is 5.90. The number of carbonyl (C=O) groups is 1. The monoisotopic (exact) mass is 295 g/mol. The van der Waals surface area contributed by atoms with Gasteiger partial charge in [0.05, 0.1) is 6.10 Å². The number of benzene rings is 1. The molecular weight excluding hydrogens is 274 g/mol. The highest BCUT2D eigenvalue weighted by Gasteiger charge is 2.30. The Kier molecular flexibility index (Phi) is 5.44. The summed E-state index contributed by atoms with van der Waals surface area (Å²) in [6.45, 7) is 5.50. The van der Waals surface area contributed by atoms with E-state index in [2.05, 4.69) is 4.90 Å². The van der Waals surface area contributed by atoms with E-state index in [1.54, 1.807) is 0 Å². The summed E-state index contributed by atoms with van der Waals surface area (Å²) in [5.41, 5.74) is 1.18. The van der Waals surface area contributed by atoms with Gasteiger partial charge in [0.15, 0.2) is 0 Å². The molecule has 0 aromatic heterocycles. The summed E-state index contributed by atoms with van der Waals surface area (Å²) < 4.78 is 5.38. The summed E-state index contributed by atoms with van der Waals surface area (Å²) in [4.78, 5) is 14.4. The molecule has 0 spiro atoms. The Morgan fingerprint density at radius 3 is 2.70 bits per heavy atom. The fourth-order valence-corrected chi connectivity index (χ4v) is 2.71. The fraction of sp³-hybridized carbons (Fsp3) is 0.562. The van der Waals surface area contributed by atoms with Crippen molar-refractivity contribution >= 4 is 17.6 Å². The standard InChI is InChI=1S/C16H22ClNO2/c1-12(2)20-16(19)15-5-3-4-10-18(15)11-13-6-8-14(17)9-7-13/h6-9,12,15H,3-5,10-11H2,1-2H3. The van der Waals surface area contributed by atoms with Crippen molar-refractivity contribution in [2.75, 3.05) is 6.54 Å². The van der Waals surface area contributed by atoms with Crippen LogP contribution in [0.1, 0.15) is 38.7 Å². The van der Waals surface area contributed by atoms with Crippen LogP contribution < -0.4 is 0 Å². The lowest BCUT2D eigenvalue weighted by atomic mass is 10.0. The Morgan fingerprint density at radius 1 is 1.35 bits per heavy atom. The molecule has 1 unspecified atom stereocenters. The SMILES string of the molecule is CC(C)OC(=O)C1CCCCN1Cc1ccc(Cl)cc1. The molecule has 2 rings (SSSR count). The van der Waals surface area contributed by atoms with Crippen LogP contribution in [0.2, 0.25) is 5.02 Å². The number of ether oxygens (including phenoxy) is 1. The summed E-state index contributed by atoms with van der Waals surface area (Å²) in [6.07, 6.45) is 3.06. The molecule has 20 heavy (non-hydrogen) atoms. The first-order valence-electron chi connectivity index (χ1n) is 7.25. The lowest BCUT2D eigenvalue weighted by molar-refractivity contribution is -0.155. The lowest BCUT2D eigenvalue weighted by Gasteiger charge is -2.34. The molecule has 0 amide bonds. The van der Waals surface area contributed by atoms with Crippen LogP contribution in [-0.2, 0) is 16.1 Å². The van der Waals surface area contributed by atoms with E-state index in [1.165, 1.54) is 5.56 Å².